The molecule has 0 aromatic heterocycles. The Morgan fingerprint density at radius 3 is 3.08 bits per heavy atom. The number of halogens is 1. The molecule has 0 amide bonds. The van der Waals surface area contributed by atoms with Crippen molar-refractivity contribution in [2.45, 2.75) is 13.0 Å². The first-order valence-corrected chi connectivity index (χ1v) is 3.97. The third-order valence-corrected chi connectivity index (χ3v) is 1.89. The van der Waals surface area contributed by atoms with E-state index in [1.54, 1.807) is 13.0 Å². The molecule has 68 valence electrons. The number of amidine groups is 1. The molecule has 0 radical (unpaired) electrons. The summed E-state index contributed by atoms with van der Waals surface area (Å²) in [6, 6.07) is 4.19. The molecule has 1 aliphatic heterocycles. The minimum Gasteiger partial charge on any atom is -0.481 e. The van der Waals surface area contributed by atoms with Gasteiger partial charge in [-0.3, -0.25) is 0 Å². The fourth-order valence-electron chi connectivity index (χ4n) is 1.16. The summed E-state index contributed by atoms with van der Waals surface area (Å²) in [7, 11) is 0. The van der Waals surface area contributed by atoms with E-state index in [9.17, 15) is 4.39 Å². The van der Waals surface area contributed by atoms with E-state index in [1.165, 1.54) is 12.1 Å². The molecule has 1 heterocycles. The number of hydrogen-bond donors (Lipinski definition) is 1. The van der Waals surface area contributed by atoms with Crippen LogP contribution in [0.4, 0.5) is 10.1 Å². The van der Waals surface area contributed by atoms with Crippen molar-refractivity contribution in [3.8, 4) is 5.75 Å². The lowest BCUT2D eigenvalue weighted by Gasteiger charge is -2.20. The molecule has 0 aliphatic carbocycles. The van der Waals surface area contributed by atoms with E-state index >= 15 is 0 Å². The van der Waals surface area contributed by atoms with Gasteiger partial charge in [-0.25, -0.2) is 9.38 Å². The van der Waals surface area contributed by atoms with Crippen LogP contribution in [0.15, 0.2) is 23.2 Å². The summed E-state index contributed by atoms with van der Waals surface area (Å²) >= 11 is 0. The van der Waals surface area contributed by atoms with Gasteiger partial charge in [0.25, 0.3) is 0 Å². The minimum absolute atomic E-state index is 0.238. The SMILES string of the molecule is CC1Oc2ccc(F)cc2N=C1N. The van der Waals surface area contributed by atoms with Gasteiger partial charge in [0.2, 0.25) is 0 Å². The maximum Gasteiger partial charge on any atom is 0.153 e. The fraction of sp³-hybridized carbons (Fsp3) is 0.222. The van der Waals surface area contributed by atoms with E-state index in [2.05, 4.69) is 4.99 Å². The van der Waals surface area contributed by atoms with E-state index in [-0.39, 0.29) is 11.9 Å². The highest BCUT2D eigenvalue weighted by molar-refractivity contribution is 5.89. The molecule has 1 aromatic carbocycles. The first-order chi connectivity index (χ1) is 6.16. The number of nitrogens with zero attached hydrogens (tertiary/aromatic N) is 1. The first-order valence-electron chi connectivity index (χ1n) is 3.97. The largest absolute Gasteiger partial charge is 0.481 e. The van der Waals surface area contributed by atoms with Crippen LogP contribution in [-0.2, 0) is 0 Å². The molecule has 2 N–H and O–H groups in total. The number of aliphatic imine (C=N–C) groups is 1. The molecule has 0 fully saturated rings. The molecule has 1 atom stereocenters. The molecule has 3 nitrogen and oxygen atoms in total. The third kappa shape index (κ3) is 1.35. The second-order valence-electron chi connectivity index (χ2n) is 2.91. The Labute approximate surface area is 75.0 Å². The number of nitrogens with two attached hydrogens (primary N) is 1. The van der Waals surface area contributed by atoms with Crippen LogP contribution in [0.5, 0.6) is 5.75 Å². The lowest BCUT2D eigenvalue weighted by Crippen LogP contribution is -2.33. The average Bonchev–Trinajstić information content (AvgIpc) is 2.08. The number of fused-ring (bicyclic) bond motifs is 1. The molecular weight excluding hydrogens is 171 g/mol. The van der Waals surface area contributed by atoms with Gasteiger partial charge in [-0.05, 0) is 19.1 Å². The molecule has 1 aliphatic rings. The molecule has 0 bridgehead atoms. The van der Waals surface area contributed by atoms with Gasteiger partial charge in [-0.2, -0.15) is 0 Å². The van der Waals surface area contributed by atoms with Crippen molar-refractivity contribution in [1.29, 1.82) is 0 Å². The summed E-state index contributed by atoms with van der Waals surface area (Å²) in [6.07, 6.45) is -0.238. The van der Waals surface area contributed by atoms with E-state index in [0.29, 0.717) is 17.3 Å². The lowest BCUT2D eigenvalue weighted by molar-refractivity contribution is 0.281. The van der Waals surface area contributed by atoms with Crippen molar-refractivity contribution >= 4 is 11.5 Å². The van der Waals surface area contributed by atoms with Gasteiger partial charge < -0.3 is 10.5 Å². The number of rotatable bonds is 0. The van der Waals surface area contributed by atoms with Crippen LogP contribution in [-0.4, -0.2) is 11.9 Å². The van der Waals surface area contributed by atoms with Crippen LogP contribution in [0.1, 0.15) is 6.92 Å². The predicted molar refractivity (Wildman–Crippen MR) is 47.8 cm³/mol. The minimum atomic E-state index is -0.339. The van der Waals surface area contributed by atoms with Crippen LogP contribution >= 0.6 is 0 Å². The molecule has 0 spiro atoms. The second-order valence-corrected chi connectivity index (χ2v) is 2.91. The summed E-state index contributed by atoms with van der Waals surface area (Å²) in [5, 5.41) is 0. The highest BCUT2D eigenvalue weighted by atomic mass is 19.1. The number of benzene rings is 1. The Bertz CT molecular complexity index is 376. The first kappa shape index (κ1) is 8.04. The van der Waals surface area contributed by atoms with Crippen LogP contribution < -0.4 is 10.5 Å². The summed E-state index contributed by atoms with van der Waals surface area (Å²) < 4.78 is 18.1. The maximum absolute atomic E-state index is 12.8. The summed E-state index contributed by atoms with van der Waals surface area (Å²) in [5.74, 6) is 0.606. The molecule has 1 aromatic rings. The molecule has 1 unspecified atom stereocenters. The zero-order chi connectivity index (χ0) is 9.42. The third-order valence-electron chi connectivity index (χ3n) is 1.89. The van der Waals surface area contributed by atoms with Gasteiger partial charge >= 0.3 is 0 Å². The van der Waals surface area contributed by atoms with Gasteiger partial charge in [-0.15, -0.1) is 0 Å². The topological polar surface area (TPSA) is 47.6 Å². The summed E-state index contributed by atoms with van der Waals surface area (Å²) in [4.78, 5) is 4.02. The molecule has 2 rings (SSSR count). The van der Waals surface area contributed by atoms with Gasteiger partial charge in [0.05, 0.1) is 0 Å². The Balaban J connectivity index is 2.51. The lowest BCUT2D eigenvalue weighted by atomic mass is 10.2. The normalized spacial score (nSPS) is 20.2. The van der Waals surface area contributed by atoms with Crippen molar-refractivity contribution in [3.05, 3.63) is 24.0 Å². The zero-order valence-electron chi connectivity index (χ0n) is 7.12. The van der Waals surface area contributed by atoms with Crippen molar-refractivity contribution in [2.24, 2.45) is 10.7 Å². The monoisotopic (exact) mass is 180 g/mol. The Morgan fingerprint density at radius 1 is 1.54 bits per heavy atom. The smallest absolute Gasteiger partial charge is 0.153 e. The number of hydrogen-bond acceptors (Lipinski definition) is 3. The van der Waals surface area contributed by atoms with Gasteiger partial charge in [0.1, 0.15) is 23.1 Å². The highest BCUT2D eigenvalue weighted by Gasteiger charge is 2.17. The predicted octanol–water partition coefficient (Wildman–Crippen LogP) is 1.60. The molecular formula is C9H9FN2O. The van der Waals surface area contributed by atoms with Gasteiger partial charge in [-0.1, -0.05) is 0 Å². The Kier molecular flexibility index (Phi) is 1.69. The van der Waals surface area contributed by atoms with Crippen LogP contribution in [0.2, 0.25) is 0 Å². The Hall–Kier alpha value is -1.58. The van der Waals surface area contributed by atoms with E-state index in [4.69, 9.17) is 10.5 Å². The molecule has 4 heteroatoms. The second kappa shape index (κ2) is 2.73. The van der Waals surface area contributed by atoms with Crippen LogP contribution in [0.25, 0.3) is 0 Å². The molecule has 13 heavy (non-hydrogen) atoms. The van der Waals surface area contributed by atoms with Crippen molar-refractivity contribution < 1.29 is 9.13 Å². The summed E-state index contributed by atoms with van der Waals surface area (Å²) in [6.45, 7) is 1.80. The fourth-order valence-corrected chi connectivity index (χ4v) is 1.16. The van der Waals surface area contributed by atoms with Crippen molar-refractivity contribution in [3.63, 3.8) is 0 Å². The zero-order valence-corrected chi connectivity index (χ0v) is 7.12. The van der Waals surface area contributed by atoms with Gasteiger partial charge in [0, 0.05) is 6.07 Å². The maximum atomic E-state index is 12.8. The van der Waals surface area contributed by atoms with Crippen LogP contribution in [0, 0.1) is 5.82 Å². The van der Waals surface area contributed by atoms with Crippen molar-refractivity contribution in [2.75, 3.05) is 0 Å². The Morgan fingerprint density at radius 2 is 2.31 bits per heavy atom. The van der Waals surface area contributed by atoms with Crippen molar-refractivity contribution in [1.82, 2.24) is 0 Å². The van der Waals surface area contributed by atoms with Gasteiger partial charge in [0.15, 0.2) is 6.10 Å². The van der Waals surface area contributed by atoms with E-state index in [0.717, 1.165) is 0 Å². The van der Waals surface area contributed by atoms with E-state index < -0.39 is 0 Å². The average molecular weight is 180 g/mol. The molecule has 0 saturated heterocycles. The number of ether oxygens (including phenoxy) is 1. The van der Waals surface area contributed by atoms with E-state index in [1.807, 2.05) is 0 Å². The summed E-state index contributed by atoms with van der Waals surface area (Å²) in [5.41, 5.74) is 6.00. The van der Waals surface area contributed by atoms with Crippen LogP contribution in [0.3, 0.4) is 0 Å². The molecule has 0 saturated carbocycles. The highest BCUT2D eigenvalue weighted by Crippen LogP contribution is 2.32. The quantitative estimate of drug-likeness (QED) is 0.659. The standard InChI is InChI=1S/C9H9FN2O/c1-5-9(11)12-7-4-6(10)2-3-8(7)13-5/h2-5H,1H3,(H2,11,12).